The average Bonchev–Trinajstić information content (AvgIpc) is 3.47. The monoisotopic (exact) mass is 472 g/mol. The van der Waals surface area contributed by atoms with Crippen LogP contribution in [0.25, 0.3) is 6.08 Å². The summed E-state index contributed by atoms with van der Waals surface area (Å²) in [5.74, 6) is 2.16. The van der Waals surface area contributed by atoms with Crippen molar-refractivity contribution < 1.29 is 38.0 Å². The van der Waals surface area contributed by atoms with Crippen molar-refractivity contribution >= 4 is 17.8 Å². The molecule has 0 radical (unpaired) electrons. The van der Waals surface area contributed by atoms with Crippen molar-refractivity contribution in [2.75, 3.05) is 21.0 Å². The maximum absolute atomic E-state index is 13.2. The molecule has 0 spiro atoms. The summed E-state index contributed by atoms with van der Waals surface area (Å²) >= 11 is 0. The van der Waals surface area contributed by atoms with Crippen LogP contribution in [0.3, 0.4) is 0 Å². The second-order valence-corrected chi connectivity index (χ2v) is 8.25. The Labute approximate surface area is 200 Å². The zero-order valence-corrected chi connectivity index (χ0v) is 19.0. The van der Waals surface area contributed by atoms with Gasteiger partial charge >= 0.3 is 5.97 Å². The number of benzene rings is 3. The van der Waals surface area contributed by atoms with Crippen LogP contribution < -0.4 is 28.4 Å². The van der Waals surface area contributed by atoms with E-state index in [2.05, 4.69) is 0 Å². The highest BCUT2D eigenvalue weighted by atomic mass is 16.7. The third-order valence-corrected chi connectivity index (χ3v) is 6.28. The number of hydrogen-bond acceptors (Lipinski definition) is 8. The second kappa shape index (κ2) is 8.09. The summed E-state index contributed by atoms with van der Waals surface area (Å²) in [6, 6.07) is 14.2. The van der Waals surface area contributed by atoms with Crippen LogP contribution >= 0.6 is 0 Å². The molecule has 6 rings (SSSR count). The highest BCUT2D eigenvalue weighted by Gasteiger charge is 2.39. The zero-order chi connectivity index (χ0) is 24.1. The lowest BCUT2D eigenvalue weighted by Crippen LogP contribution is -2.21. The molecule has 0 aromatic heterocycles. The fraction of sp³-hybridized carbons (Fsp3) is 0.185. The quantitative estimate of drug-likeness (QED) is 0.312. The number of Topliss-reactive ketones (excluding diaryl/α,β-unsaturated/α-hetero) is 1. The lowest BCUT2D eigenvalue weighted by Gasteiger charge is -2.26. The molecule has 0 saturated carbocycles. The van der Waals surface area contributed by atoms with Gasteiger partial charge in [0, 0.05) is 11.5 Å². The van der Waals surface area contributed by atoms with Gasteiger partial charge in [0.05, 0.1) is 26.2 Å². The summed E-state index contributed by atoms with van der Waals surface area (Å²) in [6.07, 6.45) is 1.75. The Morgan fingerprint density at radius 3 is 2.49 bits per heavy atom. The average molecular weight is 472 g/mol. The molecule has 0 saturated heterocycles. The van der Waals surface area contributed by atoms with Crippen LogP contribution in [-0.2, 0) is 4.79 Å². The van der Waals surface area contributed by atoms with E-state index in [0.29, 0.717) is 45.6 Å². The number of rotatable bonds is 4. The number of allylic oxidation sites excluding steroid dienone is 1. The van der Waals surface area contributed by atoms with Crippen LogP contribution in [0, 0.1) is 0 Å². The van der Waals surface area contributed by atoms with E-state index in [9.17, 15) is 9.59 Å². The number of carbonyl (C=O) groups is 2. The summed E-state index contributed by atoms with van der Waals surface area (Å²) in [5.41, 5.74) is 2.61. The first-order chi connectivity index (χ1) is 17.1. The Balaban J connectivity index is 1.44. The Morgan fingerprint density at radius 2 is 1.71 bits per heavy atom. The van der Waals surface area contributed by atoms with Crippen LogP contribution in [0.2, 0.25) is 0 Å². The smallest absolute Gasteiger partial charge is 0.312 e. The van der Waals surface area contributed by atoms with Gasteiger partial charge in [-0.3, -0.25) is 9.59 Å². The molecule has 176 valence electrons. The molecule has 3 aliphatic heterocycles. The van der Waals surface area contributed by atoms with Gasteiger partial charge in [0.25, 0.3) is 0 Å². The molecule has 0 amide bonds. The SMILES string of the molecule is COc1ccc(/C=C2/Oc3c(ccc4c3[C@@H](c3cc(OC)c5c(c3)OCO5)CC(=O)O4)C2=O)cc1. The van der Waals surface area contributed by atoms with E-state index in [1.165, 1.54) is 0 Å². The molecule has 0 N–H and O–H groups in total. The van der Waals surface area contributed by atoms with Crippen molar-refractivity contribution in [2.45, 2.75) is 12.3 Å². The molecule has 3 heterocycles. The van der Waals surface area contributed by atoms with E-state index < -0.39 is 5.92 Å². The van der Waals surface area contributed by atoms with Gasteiger partial charge in [-0.25, -0.2) is 0 Å². The standard InChI is InChI=1S/C27H20O8/c1-30-16-5-3-14(4-6-16)9-20-25(29)17-7-8-19-24(26(17)35-20)18(12-23(28)34-19)15-10-21(31-2)27-22(11-15)32-13-33-27/h3-11,18H,12-13H2,1-2H3/b20-9+/t18-/m1/s1. The molecule has 0 unspecified atom stereocenters. The van der Waals surface area contributed by atoms with Crippen LogP contribution in [0.4, 0.5) is 0 Å². The molecule has 8 heteroatoms. The van der Waals surface area contributed by atoms with Gasteiger partial charge in [0.1, 0.15) is 17.2 Å². The van der Waals surface area contributed by atoms with E-state index in [1.54, 1.807) is 32.4 Å². The lowest BCUT2D eigenvalue weighted by molar-refractivity contribution is -0.135. The van der Waals surface area contributed by atoms with Gasteiger partial charge < -0.3 is 28.4 Å². The van der Waals surface area contributed by atoms with Gasteiger partial charge in [-0.05, 0) is 53.6 Å². The Kier molecular flexibility index (Phi) is 4.88. The van der Waals surface area contributed by atoms with E-state index in [4.69, 9.17) is 28.4 Å². The minimum Gasteiger partial charge on any atom is -0.497 e. The third-order valence-electron chi connectivity index (χ3n) is 6.28. The number of ether oxygens (including phenoxy) is 6. The molecule has 8 nitrogen and oxygen atoms in total. The molecule has 35 heavy (non-hydrogen) atoms. The van der Waals surface area contributed by atoms with E-state index in [0.717, 1.165) is 11.1 Å². The topological polar surface area (TPSA) is 89.5 Å². The predicted molar refractivity (Wildman–Crippen MR) is 124 cm³/mol. The molecule has 0 aliphatic carbocycles. The van der Waals surface area contributed by atoms with Gasteiger partial charge in [0.2, 0.25) is 18.3 Å². The van der Waals surface area contributed by atoms with E-state index in [1.807, 2.05) is 36.4 Å². The lowest BCUT2D eigenvalue weighted by atomic mass is 9.84. The predicted octanol–water partition coefficient (Wildman–Crippen LogP) is 4.49. The molecule has 3 aromatic rings. The fourth-order valence-electron chi connectivity index (χ4n) is 4.59. The number of esters is 1. The fourth-order valence-corrected chi connectivity index (χ4v) is 4.59. The van der Waals surface area contributed by atoms with Gasteiger partial charge in [-0.2, -0.15) is 0 Å². The van der Waals surface area contributed by atoms with Gasteiger partial charge in [-0.1, -0.05) is 12.1 Å². The Morgan fingerprint density at radius 1 is 0.886 bits per heavy atom. The van der Waals surface area contributed by atoms with E-state index >= 15 is 0 Å². The van der Waals surface area contributed by atoms with Crippen LogP contribution in [0.1, 0.15) is 39.4 Å². The van der Waals surface area contributed by atoms with Gasteiger partial charge in [0.15, 0.2) is 17.3 Å². The zero-order valence-electron chi connectivity index (χ0n) is 19.0. The second-order valence-electron chi connectivity index (χ2n) is 8.25. The maximum Gasteiger partial charge on any atom is 0.312 e. The number of carbonyl (C=O) groups excluding carboxylic acids is 2. The minimum absolute atomic E-state index is 0.0708. The first-order valence-electron chi connectivity index (χ1n) is 11.0. The summed E-state index contributed by atoms with van der Waals surface area (Å²) in [6.45, 7) is 0.0883. The molecular formula is C27H20O8. The van der Waals surface area contributed by atoms with Crippen molar-refractivity contribution in [3.63, 3.8) is 0 Å². The number of hydrogen-bond donors (Lipinski definition) is 0. The van der Waals surface area contributed by atoms with Crippen LogP contribution in [0.15, 0.2) is 54.3 Å². The highest BCUT2D eigenvalue weighted by molar-refractivity contribution is 6.15. The van der Waals surface area contributed by atoms with Crippen molar-refractivity contribution in [1.29, 1.82) is 0 Å². The number of fused-ring (bicyclic) bond motifs is 4. The number of methoxy groups -OCH3 is 2. The molecule has 1 atom stereocenters. The molecule has 0 bridgehead atoms. The van der Waals surface area contributed by atoms with Crippen molar-refractivity contribution in [2.24, 2.45) is 0 Å². The summed E-state index contributed by atoms with van der Waals surface area (Å²) in [7, 11) is 3.13. The molecular weight excluding hydrogens is 452 g/mol. The third kappa shape index (κ3) is 3.45. The molecule has 3 aromatic carbocycles. The van der Waals surface area contributed by atoms with E-state index in [-0.39, 0.29) is 30.7 Å². The summed E-state index contributed by atoms with van der Waals surface area (Å²) in [5, 5.41) is 0. The first-order valence-corrected chi connectivity index (χ1v) is 11.0. The molecule has 0 fully saturated rings. The first kappa shape index (κ1) is 21.1. The molecule has 3 aliphatic rings. The maximum atomic E-state index is 13.2. The van der Waals surface area contributed by atoms with Crippen LogP contribution in [0.5, 0.6) is 34.5 Å². The summed E-state index contributed by atoms with van der Waals surface area (Å²) < 4.78 is 33.4. The van der Waals surface area contributed by atoms with Crippen LogP contribution in [-0.4, -0.2) is 32.8 Å². The Hall–Kier alpha value is -4.46. The largest absolute Gasteiger partial charge is 0.497 e. The van der Waals surface area contributed by atoms with Crippen molar-refractivity contribution in [1.82, 2.24) is 0 Å². The normalized spacial score (nSPS) is 18.6. The van der Waals surface area contributed by atoms with Crippen molar-refractivity contribution in [3.05, 3.63) is 76.5 Å². The van der Waals surface area contributed by atoms with Gasteiger partial charge in [-0.15, -0.1) is 0 Å². The summed E-state index contributed by atoms with van der Waals surface area (Å²) in [4.78, 5) is 25.7. The number of ketones is 1. The minimum atomic E-state index is -0.433. The highest BCUT2D eigenvalue weighted by Crippen LogP contribution is 2.51. The van der Waals surface area contributed by atoms with Crippen molar-refractivity contribution in [3.8, 4) is 34.5 Å². The Bertz CT molecular complexity index is 1400.